The molecule has 8 aromatic rings. The predicted molar refractivity (Wildman–Crippen MR) is 207 cm³/mol. The first-order valence-corrected chi connectivity index (χ1v) is 17.2. The Bertz CT molecular complexity index is 2430. The first-order valence-electron chi connectivity index (χ1n) is 17.2. The number of hydrogen-bond donors (Lipinski definition) is 0. The van der Waals surface area contributed by atoms with Crippen LogP contribution in [-0.2, 0) is 12.8 Å². The lowest BCUT2D eigenvalue weighted by atomic mass is 9.84. The van der Waals surface area contributed by atoms with Crippen molar-refractivity contribution >= 4 is 27.8 Å². The zero-order valence-corrected chi connectivity index (χ0v) is 27.9. The van der Waals surface area contributed by atoms with Gasteiger partial charge >= 0.3 is 0 Å². The number of aryl methyl sites for hydroxylation is 1. The number of benzene rings is 7. The van der Waals surface area contributed by atoms with E-state index in [9.17, 15) is 0 Å². The van der Waals surface area contributed by atoms with Gasteiger partial charge in [-0.25, -0.2) is 9.97 Å². The first kappa shape index (κ1) is 29.8. The van der Waals surface area contributed by atoms with E-state index in [0.717, 1.165) is 52.3 Å². The molecule has 9 rings (SSSR count). The van der Waals surface area contributed by atoms with Crippen LogP contribution in [-0.4, -0.2) is 9.97 Å². The fraction of sp³-hybridized carbons (Fsp3) is 0.0638. The van der Waals surface area contributed by atoms with Gasteiger partial charge in [0.25, 0.3) is 0 Å². The number of hydrogen-bond acceptors (Lipinski definition) is 3. The Morgan fingerprint density at radius 1 is 0.400 bits per heavy atom. The molecule has 0 N–H and O–H groups in total. The van der Waals surface area contributed by atoms with Gasteiger partial charge in [-0.15, -0.1) is 0 Å². The van der Waals surface area contributed by atoms with Crippen molar-refractivity contribution < 1.29 is 0 Å². The quantitative estimate of drug-likeness (QED) is 0.181. The lowest BCUT2D eigenvalue weighted by Crippen LogP contribution is -2.12. The van der Waals surface area contributed by atoms with E-state index >= 15 is 0 Å². The fourth-order valence-corrected chi connectivity index (χ4v) is 7.21. The van der Waals surface area contributed by atoms with Crippen LogP contribution in [0.2, 0.25) is 0 Å². The Morgan fingerprint density at radius 3 is 1.72 bits per heavy atom. The summed E-state index contributed by atoms with van der Waals surface area (Å²) in [6.45, 7) is 2.10. The number of rotatable bonds is 6. The molecule has 0 aliphatic heterocycles. The summed E-state index contributed by atoms with van der Waals surface area (Å²) < 4.78 is 0. The van der Waals surface area contributed by atoms with Gasteiger partial charge in [0.2, 0.25) is 0 Å². The highest BCUT2D eigenvalue weighted by Gasteiger charge is 2.20. The van der Waals surface area contributed by atoms with Crippen molar-refractivity contribution in [1.29, 1.82) is 0 Å². The van der Waals surface area contributed by atoms with E-state index in [1.54, 1.807) is 0 Å². The number of fused-ring (bicyclic) bond motifs is 3. The predicted octanol–water partition coefficient (Wildman–Crippen LogP) is 11.9. The Kier molecular flexibility index (Phi) is 7.51. The highest BCUT2D eigenvalue weighted by molar-refractivity contribution is 5.89. The lowest BCUT2D eigenvalue weighted by molar-refractivity contribution is 1.00. The normalized spacial score (nSPS) is 11.9. The van der Waals surface area contributed by atoms with Crippen molar-refractivity contribution in [2.45, 2.75) is 19.8 Å². The summed E-state index contributed by atoms with van der Waals surface area (Å²) in [4.78, 5) is 11.8. The van der Waals surface area contributed by atoms with Crippen LogP contribution in [0.15, 0.2) is 170 Å². The Morgan fingerprint density at radius 2 is 1.00 bits per heavy atom. The molecule has 1 heterocycles. The molecule has 0 saturated carbocycles. The maximum atomic E-state index is 4.73. The third-order valence-electron chi connectivity index (χ3n) is 9.89. The minimum Gasteiger partial charge on any atom is -0.310 e. The SMILES string of the molecule is Cc1ccc(-c2cnc(-c3cccc(-c4ccc5cc6c(cc5c4)Cc4ccc(N(c5ccccc5)c5ccccc5)cc4C6)c3)nc2)cc1. The van der Waals surface area contributed by atoms with Crippen LogP contribution in [0, 0.1) is 6.92 Å². The van der Waals surface area contributed by atoms with Crippen LogP contribution in [0.1, 0.15) is 27.8 Å². The maximum absolute atomic E-state index is 4.73. The topological polar surface area (TPSA) is 29.0 Å². The molecule has 0 amide bonds. The molecule has 238 valence electrons. The number of para-hydroxylation sites is 2. The minimum atomic E-state index is 0.732. The summed E-state index contributed by atoms with van der Waals surface area (Å²) in [5, 5.41) is 2.54. The zero-order valence-electron chi connectivity index (χ0n) is 27.9. The maximum Gasteiger partial charge on any atom is 0.159 e. The monoisotopic (exact) mass is 641 g/mol. The van der Waals surface area contributed by atoms with Gasteiger partial charge < -0.3 is 4.90 Å². The highest BCUT2D eigenvalue weighted by Crippen LogP contribution is 2.39. The molecule has 7 aromatic carbocycles. The van der Waals surface area contributed by atoms with Gasteiger partial charge in [-0.05, 0) is 118 Å². The van der Waals surface area contributed by atoms with E-state index in [2.05, 4.69) is 170 Å². The minimum absolute atomic E-state index is 0.732. The average Bonchev–Trinajstić information content (AvgIpc) is 3.17. The Hall–Kier alpha value is -6.32. The molecule has 0 atom stereocenters. The van der Waals surface area contributed by atoms with E-state index < -0.39 is 0 Å². The van der Waals surface area contributed by atoms with Crippen molar-refractivity contribution in [3.8, 4) is 33.6 Å². The van der Waals surface area contributed by atoms with Crippen LogP contribution in [0.5, 0.6) is 0 Å². The molecule has 0 spiro atoms. The molecule has 0 saturated heterocycles. The van der Waals surface area contributed by atoms with E-state index in [-0.39, 0.29) is 0 Å². The van der Waals surface area contributed by atoms with Gasteiger partial charge in [-0.2, -0.15) is 0 Å². The second-order valence-electron chi connectivity index (χ2n) is 13.2. The molecule has 3 heteroatoms. The van der Waals surface area contributed by atoms with Crippen LogP contribution in [0.4, 0.5) is 17.1 Å². The van der Waals surface area contributed by atoms with Gasteiger partial charge in [0.05, 0.1) is 0 Å². The Balaban J connectivity index is 0.995. The molecule has 0 radical (unpaired) electrons. The average molecular weight is 642 g/mol. The summed E-state index contributed by atoms with van der Waals surface area (Å²) in [6.07, 6.45) is 5.70. The van der Waals surface area contributed by atoms with E-state index in [1.165, 1.54) is 49.8 Å². The molecule has 1 aliphatic carbocycles. The molecule has 1 aliphatic rings. The third kappa shape index (κ3) is 5.73. The zero-order chi connectivity index (χ0) is 33.4. The number of anilines is 3. The summed E-state index contributed by atoms with van der Waals surface area (Å²) in [5.41, 5.74) is 15.9. The molecule has 50 heavy (non-hydrogen) atoms. The second-order valence-corrected chi connectivity index (χ2v) is 13.2. The van der Waals surface area contributed by atoms with E-state index in [4.69, 9.17) is 9.97 Å². The van der Waals surface area contributed by atoms with Crippen LogP contribution >= 0.6 is 0 Å². The van der Waals surface area contributed by atoms with Crippen molar-refractivity contribution in [1.82, 2.24) is 9.97 Å². The molecule has 0 fully saturated rings. The summed E-state index contributed by atoms with van der Waals surface area (Å²) >= 11 is 0. The van der Waals surface area contributed by atoms with E-state index in [0.29, 0.717) is 0 Å². The standard InChI is InChI=1S/C47H35N3/c1-32-15-17-33(18-16-32)43-30-48-47(49-31-43)38-10-8-9-34(23-38)35-19-20-36-25-41-28-42-29-46(22-21-37(42)26-40(41)27-39(36)24-35)50(44-11-4-2-5-12-44)45-13-6-3-7-14-45/h2-25,27,29-31H,26,28H2,1H3. The summed E-state index contributed by atoms with van der Waals surface area (Å²) in [6, 6.07) is 56.9. The summed E-state index contributed by atoms with van der Waals surface area (Å²) in [5.74, 6) is 0.732. The summed E-state index contributed by atoms with van der Waals surface area (Å²) in [7, 11) is 0. The number of nitrogens with zero attached hydrogens (tertiary/aromatic N) is 3. The lowest BCUT2D eigenvalue weighted by Gasteiger charge is -2.28. The molecule has 3 nitrogen and oxygen atoms in total. The van der Waals surface area contributed by atoms with Crippen LogP contribution in [0.25, 0.3) is 44.4 Å². The van der Waals surface area contributed by atoms with Crippen molar-refractivity contribution in [2.75, 3.05) is 4.90 Å². The van der Waals surface area contributed by atoms with Crippen molar-refractivity contribution in [2.24, 2.45) is 0 Å². The molecule has 1 aromatic heterocycles. The van der Waals surface area contributed by atoms with Crippen molar-refractivity contribution in [3.63, 3.8) is 0 Å². The molecule has 0 bridgehead atoms. The molecular formula is C47H35N3. The second kappa shape index (κ2) is 12.6. The molecule has 0 unspecified atom stereocenters. The van der Waals surface area contributed by atoms with Gasteiger partial charge in [-0.3, -0.25) is 0 Å². The van der Waals surface area contributed by atoms with Gasteiger partial charge in [0.15, 0.2) is 5.82 Å². The smallest absolute Gasteiger partial charge is 0.159 e. The Labute approximate surface area is 293 Å². The third-order valence-corrected chi connectivity index (χ3v) is 9.89. The van der Waals surface area contributed by atoms with Gasteiger partial charge in [0.1, 0.15) is 0 Å². The largest absolute Gasteiger partial charge is 0.310 e. The molecular weight excluding hydrogens is 607 g/mol. The fourth-order valence-electron chi connectivity index (χ4n) is 7.21. The van der Waals surface area contributed by atoms with E-state index in [1.807, 2.05) is 12.4 Å². The van der Waals surface area contributed by atoms with Crippen molar-refractivity contribution in [3.05, 3.63) is 198 Å². The van der Waals surface area contributed by atoms with Gasteiger partial charge in [0, 0.05) is 40.6 Å². The highest BCUT2D eigenvalue weighted by atomic mass is 15.1. The van der Waals surface area contributed by atoms with Crippen LogP contribution < -0.4 is 4.90 Å². The van der Waals surface area contributed by atoms with Crippen LogP contribution in [0.3, 0.4) is 0 Å². The first-order chi connectivity index (χ1) is 24.6. The number of aromatic nitrogens is 2. The van der Waals surface area contributed by atoms with Gasteiger partial charge in [-0.1, -0.05) is 115 Å².